The van der Waals surface area contributed by atoms with Crippen molar-refractivity contribution in [3.05, 3.63) is 71.3 Å². The van der Waals surface area contributed by atoms with Gasteiger partial charge in [-0.3, -0.25) is 4.79 Å². The number of para-hydroxylation sites is 1. The summed E-state index contributed by atoms with van der Waals surface area (Å²) >= 11 is 0. The fraction of sp³-hybridized carbons (Fsp3) is 0.182. The molecule has 2 aromatic rings. The van der Waals surface area contributed by atoms with Crippen molar-refractivity contribution in [2.75, 3.05) is 19.0 Å². The third-order valence-electron chi connectivity index (χ3n) is 3.94. The van der Waals surface area contributed by atoms with E-state index in [9.17, 15) is 10.1 Å². The van der Waals surface area contributed by atoms with Crippen LogP contribution in [0.15, 0.2) is 54.6 Å². The van der Waals surface area contributed by atoms with Gasteiger partial charge >= 0.3 is 0 Å². The van der Waals surface area contributed by atoms with E-state index in [1.54, 1.807) is 24.3 Å². The lowest BCUT2D eigenvalue weighted by atomic mass is 10.1. The molecule has 1 amide bonds. The molecule has 0 saturated carbocycles. The lowest BCUT2D eigenvalue weighted by Crippen LogP contribution is -2.15. The zero-order chi connectivity index (χ0) is 19.8. The number of ether oxygens (including phenoxy) is 2. The smallest absolute Gasteiger partial charge is 0.266 e. The van der Waals surface area contributed by atoms with Gasteiger partial charge in [0.25, 0.3) is 5.91 Å². The summed E-state index contributed by atoms with van der Waals surface area (Å²) in [6.07, 6.45) is 3.15. The number of benzene rings is 2. The molecule has 0 spiro atoms. The maximum atomic E-state index is 12.5. The number of rotatable bonds is 7. The van der Waals surface area contributed by atoms with Crippen LogP contribution >= 0.6 is 0 Å². The van der Waals surface area contributed by atoms with Gasteiger partial charge in [0.05, 0.1) is 7.11 Å². The number of aryl methyl sites for hydroxylation is 2. The van der Waals surface area contributed by atoms with Crippen LogP contribution in [-0.2, 0) is 4.79 Å². The zero-order valence-electron chi connectivity index (χ0n) is 15.7. The van der Waals surface area contributed by atoms with Gasteiger partial charge < -0.3 is 14.8 Å². The minimum absolute atomic E-state index is 0.000494. The van der Waals surface area contributed by atoms with Gasteiger partial charge in [-0.1, -0.05) is 36.9 Å². The number of nitrogens with zero attached hydrogens (tertiary/aromatic N) is 1. The van der Waals surface area contributed by atoms with Crippen molar-refractivity contribution in [2.24, 2.45) is 0 Å². The number of hydrogen-bond acceptors (Lipinski definition) is 4. The van der Waals surface area contributed by atoms with Crippen molar-refractivity contribution in [3.63, 3.8) is 0 Å². The van der Waals surface area contributed by atoms with Crippen LogP contribution in [0.25, 0.3) is 6.08 Å². The van der Waals surface area contributed by atoms with E-state index in [-0.39, 0.29) is 5.57 Å². The Hall–Kier alpha value is -3.52. The highest BCUT2D eigenvalue weighted by Crippen LogP contribution is 2.29. The lowest BCUT2D eigenvalue weighted by Gasteiger charge is -2.11. The van der Waals surface area contributed by atoms with E-state index in [1.165, 1.54) is 13.2 Å². The number of anilines is 1. The van der Waals surface area contributed by atoms with Crippen LogP contribution in [0.1, 0.15) is 16.7 Å². The summed E-state index contributed by atoms with van der Waals surface area (Å²) in [5.41, 5.74) is 3.25. The highest BCUT2D eigenvalue weighted by Gasteiger charge is 2.13. The molecular weight excluding hydrogens is 340 g/mol. The highest BCUT2D eigenvalue weighted by molar-refractivity contribution is 6.10. The molecule has 0 aliphatic heterocycles. The maximum Gasteiger partial charge on any atom is 0.266 e. The summed E-state index contributed by atoms with van der Waals surface area (Å²) in [6, 6.07) is 12.9. The first kappa shape index (κ1) is 19.8. The molecule has 0 heterocycles. The van der Waals surface area contributed by atoms with E-state index in [1.807, 2.05) is 38.1 Å². The number of carbonyl (C=O) groups excluding carboxylic acids is 1. The van der Waals surface area contributed by atoms with Crippen LogP contribution in [0, 0.1) is 25.2 Å². The number of nitriles is 1. The molecule has 5 heteroatoms. The largest absolute Gasteiger partial charge is 0.493 e. The van der Waals surface area contributed by atoms with Crippen molar-refractivity contribution in [1.82, 2.24) is 0 Å². The topological polar surface area (TPSA) is 71.3 Å². The van der Waals surface area contributed by atoms with E-state index < -0.39 is 5.91 Å². The normalized spacial score (nSPS) is 10.7. The molecule has 1 N–H and O–H groups in total. The molecule has 0 fully saturated rings. The van der Waals surface area contributed by atoms with Gasteiger partial charge in [0.15, 0.2) is 11.5 Å². The Morgan fingerprint density at radius 3 is 2.52 bits per heavy atom. The standard InChI is InChI=1S/C22H22N2O3/c1-5-11-27-19-10-9-17(13-20(19)26-4)12-18(14-23)22(25)24-21-15(2)7-6-8-16(21)3/h5-10,12-13H,1,11H2,2-4H3,(H,24,25)/b18-12-. The van der Waals surface area contributed by atoms with Crippen LogP contribution < -0.4 is 14.8 Å². The fourth-order valence-corrected chi connectivity index (χ4v) is 2.55. The first-order valence-electron chi connectivity index (χ1n) is 8.41. The maximum absolute atomic E-state index is 12.5. The number of methoxy groups -OCH3 is 1. The molecular formula is C22H22N2O3. The zero-order valence-corrected chi connectivity index (χ0v) is 15.7. The second kappa shape index (κ2) is 9.25. The average Bonchev–Trinajstić information content (AvgIpc) is 2.67. The van der Waals surface area contributed by atoms with Crippen molar-refractivity contribution in [2.45, 2.75) is 13.8 Å². The number of carbonyl (C=O) groups is 1. The SMILES string of the molecule is C=CCOc1ccc(/C=C(/C#N)C(=O)Nc2c(C)cccc2C)cc1OC. The Labute approximate surface area is 159 Å². The van der Waals surface area contributed by atoms with Gasteiger partial charge in [-0.25, -0.2) is 0 Å². The third-order valence-corrected chi connectivity index (χ3v) is 3.94. The Morgan fingerprint density at radius 2 is 1.93 bits per heavy atom. The molecule has 0 saturated heterocycles. The number of amides is 1. The summed E-state index contributed by atoms with van der Waals surface area (Å²) in [5.74, 6) is 0.618. The molecule has 27 heavy (non-hydrogen) atoms. The van der Waals surface area contributed by atoms with E-state index in [2.05, 4.69) is 11.9 Å². The van der Waals surface area contributed by atoms with Gasteiger partial charge in [-0.2, -0.15) is 5.26 Å². The highest BCUT2D eigenvalue weighted by atomic mass is 16.5. The lowest BCUT2D eigenvalue weighted by molar-refractivity contribution is -0.112. The van der Waals surface area contributed by atoms with E-state index >= 15 is 0 Å². The Kier molecular flexibility index (Phi) is 6.79. The van der Waals surface area contributed by atoms with Gasteiger partial charge in [0.2, 0.25) is 0 Å². The third kappa shape index (κ3) is 4.99. The molecule has 0 aliphatic carbocycles. The van der Waals surface area contributed by atoms with Gasteiger partial charge in [-0.15, -0.1) is 0 Å². The number of nitrogens with one attached hydrogen (secondary N) is 1. The average molecular weight is 362 g/mol. The van der Waals surface area contributed by atoms with Crippen LogP contribution in [0.3, 0.4) is 0 Å². The summed E-state index contributed by atoms with van der Waals surface area (Å²) in [7, 11) is 1.53. The molecule has 2 rings (SSSR count). The predicted molar refractivity (Wildman–Crippen MR) is 107 cm³/mol. The second-order valence-corrected chi connectivity index (χ2v) is 5.90. The summed E-state index contributed by atoms with van der Waals surface area (Å²) in [4.78, 5) is 12.5. The summed E-state index contributed by atoms with van der Waals surface area (Å²) in [6.45, 7) is 7.78. The Bertz CT molecular complexity index is 903. The predicted octanol–water partition coefficient (Wildman–Crippen LogP) is 4.42. The van der Waals surface area contributed by atoms with E-state index in [4.69, 9.17) is 9.47 Å². The molecule has 138 valence electrons. The van der Waals surface area contributed by atoms with Crippen molar-refractivity contribution >= 4 is 17.7 Å². The van der Waals surface area contributed by atoms with Crippen molar-refractivity contribution in [1.29, 1.82) is 5.26 Å². The number of hydrogen-bond donors (Lipinski definition) is 1. The Balaban J connectivity index is 2.28. The second-order valence-electron chi connectivity index (χ2n) is 5.90. The summed E-state index contributed by atoms with van der Waals surface area (Å²) in [5, 5.41) is 12.2. The van der Waals surface area contributed by atoms with Crippen molar-refractivity contribution in [3.8, 4) is 17.6 Å². The van der Waals surface area contributed by atoms with Crippen LogP contribution in [-0.4, -0.2) is 19.6 Å². The fourth-order valence-electron chi connectivity index (χ4n) is 2.55. The quantitative estimate of drug-likeness (QED) is 0.449. The molecule has 5 nitrogen and oxygen atoms in total. The van der Waals surface area contributed by atoms with E-state index in [0.29, 0.717) is 23.7 Å². The molecule has 0 bridgehead atoms. The van der Waals surface area contributed by atoms with E-state index in [0.717, 1.165) is 16.8 Å². The van der Waals surface area contributed by atoms with Crippen LogP contribution in [0.5, 0.6) is 11.5 Å². The van der Waals surface area contributed by atoms with Crippen LogP contribution in [0.4, 0.5) is 5.69 Å². The monoisotopic (exact) mass is 362 g/mol. The van der Waals surface area contributed by atoms with Crippen molar-refractivity contribution < 1.29 is 14.3 Å². The molecule has 2 aromatic carbocycles. The first-order chi connectivity index (χ1) is 13.0. The van der Waals surface area contributed by atoms with Gasteiger partial charge in [-0.05, 0) is 48.7 Å². The molecule has 0 aromatic heterocycles. The van der Waals surface area contributed by atoms with Gasteiger partial charge in [0, 0.05) is 5.69 Å². The minimum Gasteiger partial charge on any atom is -0.493 e. The molecule has 0 atom stereocenters. The molecule has 0 unspecified atom stereocenters. The van der Waals surface area contributed by atoms with Gasteiger partial charge in [0.1, 0.15) is 18.2 Å². The first-order valence-corrected chi connectivity index (χ1v) is 8.41. The Morgan fingerprint density at radius 1 is 1.22 bits per heavy atom. The minimum atomic E-state index is -0.458. The van der Waals surface area contributed by atoms with Crippen LogP contribution in [0.2, 0.25) is 0 Å². The summed E-state index contributed by atoms with van der Waals surface area (Å²) < 4.78 is 10.8. The molecule has 0 aliphatic rings. The molecule has 0 radical (unpaired) electrons.